The summed E-state index contributed by atoms with van der Waals surface area (Å²) in [5.41, 5.74) is 0.674. The molecule has 1 aliphatic heterocycles. The lowest BCUT2D eigenvalue weighted by Gasteiger charge is -2.34. The van der Waals surface area contributed by atoms with E-state index in [4.69, 9.17) is 4.74 Å². The van der Waals surface area contributed by atoms with Crippen LogP contribution in [0.2, 0.25) is 0 Å². The van der Waals surface area contributed by atoms with E-state index in [2.05, 4.69) is 0 Å². The van der Waals surface area contributed by atoms with Gasteiger partial charge >= 0.3 is 0 Å². The lowest BCUT2D eigenvalue weighted by molar-refractivity contribution is -0.141. The largest absolute Gasteiger partial charge is 0.507 e. The molecule has 0 bridgehead atoms. The second-order valence-electron chi connectivity index (χ2n) is 7.89. The molecule has 2 aromatic rings. The van der Waals surface area contributed by atoms with Crippen LogP contribution in [0.15, 0.2) is 47.4 Å². The van der Waals surface area contributed by atoms with Gasteiger partial charge in [0, 0.05) is 16.5 Å². The van der Waals surface area contributed by atoms with Crippen molar-refractivity contribution in [3.05, 3.63) is 57.8 Å². The number of hydrogen-bond donors (Lipinski definition) is 1. The third-order valence-electron chi connectivity index (χ3n) is 5.84. The number of aliphatic hydroxyl groups excluding tert-OH is 1. The van der Waals surface area contributed by atoms with Crippen LogP contribution in [0, 0.1) is 0 Å². The molecule has 1 saturated heterocycles. The summed E-state index contributed by atoms with van der Waals surface area (Å²) in [5.74, 6) is -0.598. The molecular weight excluding hydrogens is 398 g/mol. The molecule has 1 aromatic heterocycles. The first-order valence-electron chi connectivity index (χ1n) is 10.7. The maximum absolute atomic E-state index is 13.1. The Morgan fingerprint density at radius 2 is 1.97 bits per heavy atom. The van der Waals surface area contributed by atoms with Crippen molar-refractivity contribution in [2.45, 2.75) is 57.5 Å². The number of amides is 1. The van der Waals surface area contributed by atoms with Crippen LogP contribution in [0.3, 0.4) is 0 Å². The number of likely N-dealkylation sites (tertiary alicyclic amines) is 1. The molecule has 2 fully saturated rings. The molecule has 1 amide bonds. The highest BCUT2D eigenvalue weighted by Crippen LogP contribution is 2.44. The van der Waals surface area contributed by atoms with Crippen LogP contribution < -0.4 is 4.74 Å². The summed E-state index contributed by atoms with van der Waals surface area (Å²) >= 11 is 1.51. The molecule has 2 aliphatic rings. The Hall–Kier alpha value is -2.60. The van der Waals surface area contributed by atoms with Crippen molar-refractivity contribution in [3.63, 3.8) is 0 Å². The second-order valence-corrected chi connectivity index (χ2v) is 8.87. The molecule has 1 unspecified atom stereocenters. The first-order chi connectivity index (χ1) is 14.6. The lowest BCUT2D eigenvalue weighted by atomic mass is 9.93. The van der Waals surface area contributed by atoms with Crippen molar-refractivity contribution >= 4 is 28.8 Å². The molecular formula is C24H27NO4S. The van der Waals surface area contributed by atoms with Gasteiger partial charge in [0.15, 0.2) is 0 Å². The van der Waals surface area contributed by atoms with Gasteiger partial charge in [-0.25, -0.2) is 0 Å². The molecule has 1 N–H and O–H groups in total. The van der Waals surface area contributed by atoms with Gasteiger partial charge in [-0.2, -0.15) is 0 Å². The standard InChI is InChI=1S/C24H27NO4S/c1-2-13-29-18-11-6-8-16(15-18)22(26)20-21(19-12-7-14-30-19)25(24(28)23(20)27)17-9-4-3-5-10-17/h6-8,11-12,14-15,17,21,26H,2-5,9-10,13H2,1H3/b22-20-. The number of nitrogens with zero attached hydrogens (tertiary/aromatic N) is 1. The summed E-state index contributed by atoms with van der Waals surface area (Å²) in [6.07, 6.45) is 5.95. The smallest absolute Gasteiger partial charge is 0.295 e. The molecule has 6 heteroatoms. The lowest BCUT2D eigenvalue weighted by Crippen LogP contribution is -2.40. The summed E-state index contributed by atoms with van der Waals surface area (Å²) in [7, 11) is 0. The van der Waals surface area contributed by atoms with Crippen molar-refractivity contribution in [1.82, 2.24) is 4.90 Å². The van der Waals surface area contributed by atoms with Crippen LogP contribution in [-0.2, 0) is 9.59 Å². The molecule has 1 saturated carbocycles. The summed E-state index contributed by atoms with van der Waals surface area (Å²) < 4.78 is 5.68. The molecule has 1 atom stereocenters. The molecule has 2 heterocycles. The number of benzene rings is 1. The van der Waals surface area contributed by atoms with Gasteiger partial charge in [-0.05, 0) is 42.8 Å². The number of rotatable bonds is 6. The van der Waals surface area contributed by atoms with E-state index in [1.54, 1.807) is 23.1 Å². The minimum atomic E-state index is -0.601. The number of thiophene rings is 1. The van der Waals surface area contributed by atoms with Gasteiger partial charge in [-0.15, -0.1) is 11.3 Å². The molecule has 0 radical (unpaired) electrons. The highest BCUT2D eigenvalue weighted by Gasteiger charge is 2.49. The van der Waals surface area contributed by atoms with Crippen molar-refractivity contribution < 1.29 is 19.4 Å². The van der Waals surface area contributed by atoms with Crippen molar-refractivity contribution in [2.24, 2.45) is 0 Å². The number of ketones is 1. The minimum absolute atomic E-state index is 0.0341. The zero-order valence-electron chi connectivity index (χ0n) is 17.2. The molecule has 5 nitrogen and oxygen atoms in total. The Labute approximate surface area is 181 Å². The Morgan fingerprint density at radius 1 is 1.17 bits per heavy atom. The molecule has 158 valence electrons. The zero-order valence-corrected chi connectivity index (χ0v) is 18.0. The third kappa shape index (κ3) is 3.88. The summed E-state index contributed by atoms with van der Waals surface area (Å²) in [5, 5.41) is 13.1. The van der Waals surface area contributed by atoms with Gasteiger partial charge in [0.1, 0.15) is 11.5 Å². The van der Waals surface area contributed by atoms with Crippen LogP contribution >= 0.6 is 11.3 Å². The maximum atomic E-state index is 13.1. The van der Waals surface area contributed by atoms with Gasteiger partial charge in [0.25, 0.3) is 11.7 Å². The predicted octanol–water partition coefficient (Wildman–Crippen LogP) is 5.29. The fourth-order valence-electron chi connectivity index (χ4n) is 4.42. The molecule has 1 aromatic carbocycles. The third-order valence-corrected chi connectivity index (χ3v) is 6.77. The highest BCUT2D eigenvalue weighted by molar-refractivity contribution is 7.10. The predicted molar refractivity (Wildman–Crippen MR) is 118 cm³/mol. The quantitative estimate of drug-likeness (QED) is 0.388. The topological polar surface area (TPSA) is 66.8 Å². The Bertz CT molecular complexity index is 944. The van der Waals surface area contributed by atoms with E-state index in [9.17, 15) is 14.7 Å². The Morgan fingerprint density at radius 3 is 2.67 bits per heavy atom. The fraction of sp³-hybridized carbons (Fsp3) is 0.417. The second kappa shape index (κ2) is 9.04. The normalized spacial score (nSPS) is 21.9. The molecule has 30 heavy (non-hydrogen) atoms. The number of carbonyl (C=O) groups is 2. The average molecular weight is 426 g/mol. The van der Waals surface area contributed by atoms with E-state index in [1.165, 1.54) is 11.3 Å². The number of hydrogen-bond acceptors (Lipinski definition) is 5. The van der Waals surface area contributed by atoms with Gasteiger partial charge in [-0.3, -0.25) is 9.59 Å². The van der Waals surface area contributed by atoms with Crippen LogP contribution in [0.25, 0.3) is 5.76 Å². The molecule has 1 aliphatic carbocycles. The molecule has 0 spiro atoms. The average Bonchev–Trinajstić information content (AvgIpc) is 3.40. The minimum Gasteiger partial charge on any atom is -0.507 e. The van der Waals surface area contributed by atoms with Crippen molar-refractivity contribution in [2.75, 3.05) is 6.61 Å². The number of ether oxygens (including phenoxy) is 1. The first-order valence-corrected chi connectivity index (χ1v) is 11.6. The SMILES string of the molecule is CCCOc1cccc(/C(O)=C2/C(=O)C(=O)N(C3CCCCC3)C2c2cccs2)c1. The van der Waals surface area contributed by atoms with Gasteiger partial charge in [0.05, 0.1) is 18.2 Å². The van der Waals surface area contributed by atoms with Crippen LogP contribution in [-0.4, -0.2) is 34.3 Å². The van der Waals surface area contributed by atoms with Gasteiger partial charge < -0.3 is 14.7 Å². The van der Waals surface area contributed by atoms with E-state index >= 15 is 0 Å². The van der Waals surface area contributed by atoms with E-state index in [0.29, 0.717) is 17.9 Å². The van der Waals surface area contributed by atoms with E-state index in [-0.39, 0.29) is 17.4 Å². The van der Waals surface area contributed by atoms with E-state index < -0.39 is 17.7 Å². The fourth-order valence-corrected chi connectivity index (χ4v) is 5.25. The summed E-state index contributed by atoms with van der Waals surface area (Å²) in [6.45, 7) is 2.60. The van der Waals surface area contributed by atoms with E-state index in [1.807, 2.05) is 30.5 Å². The first kappa shape index (κ1) is 20.7. The summed E-state index contributed by atoms with van der Waals surface area (Å²) in [6, 6.07) is 10.4. The number of Topliss-reactive ketones (excluding diaryl/α,β-unsaturated/α-hetero) is 1. The maximum Gasteiger partial charge on any atom is 0.295 e. The Kier molecular flexibility index (Phi) is 6.23. The number of carbonyl (C=O) groups excluding carboxylic acids is 2. The van der Waals surface area contributed by atoms with Crippen LogP contribution in [0.4, 0.5) is 0 Å². The van der Waals surface area contributed by atoms with Gasteiger partial charge in [-0.1, -0.05) is 44.4 Å². The monoisotopic (exact) mass is 425 g/mol. The summed E-state index contributed by atoms with van der Waals surface area (Å²) in [4.78, 5) is 28.8. The van der Waals surface area contributed by atoms with E-state index in [0.717, 1.165) is 43.4 Å². The number of aliphatic hydroxyl groups is 1. The van der Waals surface area contributed by atoms with Crippen LogP contribution in [0.5, 0.6) is 5.75 Å². The van der Waals surface area contributed by atoms with Gasteiger partial charge in [0.2, 0.25) is 0 Å². The Balaban J connectivity index is 1.78. The van der Waals surface area contributed by atoms with Crippen molar-refractivity contribution in [1.29, 1.82) is 0 Å². The molecule has 4 rings (SSSR count). The van der Waals surface area contributed by atoms with Crippen molar-refractivity contribution in [3.8, 4) is 5.75 Å². The highest BCUT2D eigenvalue weighted by atomic mass is 32.1. The zero-order chi connectivity index (χ0) is 21.1. The van der Waals surface area contributed by atoms with Crippen LogP contribution in [0.1, 0.15) is 61.9 Å².